The topological polar surface area (TPSA) is 59.1 Å². The van der Waals surface area contributed by atoms with Gasteiger partial charge in [0.05, 0.1) is 19.8 Å². The van der Waals surface area contributed by atoms with Crippen molar-refractivity contribution in [2.45, 2.75) is 19.3 Å². The highest BCUT2D eigenvalue weighted by Gasteiger charge is 2.24. The number of carbonyl (C=O) groups excluding carboxylic acids is 2. The molecule has 1 heterocycles. The summed E-state index contributed by atoms with van der Waals surface area (Å²) >= 11 is 0. The van der Waals surface area contributed by atoms with E-state index in [4.69, 9.17) is 9.47 Å². The highest BCUT2D eigenvalue weighted by atomic mass is 16.5. The molecule has 1 saturated heterocycles. The number of nitrogens with zero attached hydrogens (tertiary/aromatic N) is 2. The highest BCUT2D eigenvalue weighted by Crippen LogP contribution is 2.21. The number of ether oxygens (including phenoxy) is 2. The standard InChI is InChI=1S/C23H28N2O4/c1-28-20-10-5-3-8-18(20)12-13-22(26)24-14-7-15-25(17-16-24)23(27)19-9-4-6-11-21(19)29-2/h3-6,8-11H,7,12-17H2,1-2H3. The summed E-state index contributed by atoms with van der Waals surface area (Å²) in [6.45, 7) is 2.37. The third-order valence-electron chi connectivity index (χ3n) is 5.27. The summed E-state index contributed by atoms with van der Waals surface area (Å²) in [7, 11) is 3.21. The molecule has 1 aliphatic rings. The molecule has 0 N–H and O–H groups in total. The fourth-order valence-electron chi connectivity index (χ4n) is 3.67. The van der Waals surface area contributed by atoms with E-state index in [1.807, 2.05) is 46.2 Å². The van der Waals surface area contributed by atoms with Gasteiger partial charge in [0.1, 0.15) is 11.5 Å². The van der Waals surface area contributed by atoms with Crippen LogP contribution in [0.25, 0.3) is 0 Å². The Morgan fingerprint density at radius 1 is 0.828 bits per heavy atom. The van der Waals surface area contributed by atoms with Crippen molar-refractivity contribution in [3.8, 4) is 11.5 Å². The first-order valence-corrected chi connectivity index (χ1v) is 9.96. The van der Waals surface area contributed by atoms with E-state index in [9.17, 15) is 9.59 Å². The summed E-state index contributed by atoms with van der Waals surface area (Å²) in [5.74, 6) is 1.45. The third kappa shape index (κ3) is 5.08. The van der Waals surface area contributed by atoms with E-state index < -0.39 is 0 Å². The van der Waals surface area contributed by atoms with Crippen molar-refractivity contribution in [3.63, 3.8) is 0 Å². The summed E-state index contributed by atoms with van der Waals surface area (Å²) in [5, 5.41) is 0. The van der Waals surface area contributed by atoms with Gasteiger partial charge in [0, 0.05) is 32.6 Å². The molecule has 2 amide bonds. The van der Waals surface area contributed by atoms with Gasteiger partial charge in [-0.15, -0.1) is 0 Å². The van der Waals surface area contributed by atoms with Crippen molar-refractivity contribution in [1.29, 1.82) is 0 Å². The van der Waals surface area contributed by atoms with Gasteiger partial charge in [0.25, 0.3) is 5.91 Å². The Kier molecular flexibility index (Phi) is 7.11. The molecule has 2 aromatic carbocycles. The van der Waals surface area contributed by atoms with Crippen molar-refractivity contribution in [3.05, 3.63) is 59.7 Å². The molecule has 0 bridgehead atoms. The van der Waals surface area contributed by atoms with Crippen LogP contribution in [0.2, 0.25) is 0 Å². The van der Waals surface area contributed by atoms with Crippen LogP contribution in [0.15, 0.2) is 48.5 Å². The highest BCUT2D eigenvalue weighted by molar-refractivity contribution is 5.97. The molecule has 0 aliphatic carbocycles. The fraction of sp³-hybridized carbons (Fsp3) is 0.391. The van der Waals surface area contributed by atoms with Gasteiger partial charge >= 0.3 is 0 Å². The number of benzene rings is 2. The first-order chi connectivity index (χ1) is 14.1. The first-order valence-electron chi connectivity index (χ1n) is 9.96. The zero-order valence-electron chi connectivity index (χ0n) is 17.1. The van der Waals surface area contributed by atoms with Gasteiger partial charge in [-0.25, -0.2) is 0 Å². The van der Waals surface area contributed by atoms with Gasteiger partial charge in [-0.05, 0) is 36.6 Å². The van der Waals surface area contributed by atoms with Crippen LogP contribution in [0.3, 0.4) is 0 Å². The minimum absolute atomic E-state index is 0.0502. The molecule has 0 spiro atoms. The van der Waals surface area contributed by atoms with Crippen LogP contribution in [-0.2, 0) is 11.2 Å². The average Bonchev–Trinajstić information content (AvgIpc) is 3.03. The summed E-state index contributed by atoms with van der Waals surface area (Å²) in [4.78, 5) is 29.3. The van der Waals surface area contributed by atoms with E-state index in [2.05, 4.69) is 0 Å². The van der Waals surface area contributed by atoms with Crippen molar-refractivity contribution >= 4 is 11.8 Å². The van der Waals surface area contributed by atoms with E-state index in [-0.39, 0.29) is 11.8 Å². The minimum atomic E-state index is -0.0502. The molecule has 2 aromatic rings. The Hall–Kier alpha value is -3.02. The van der Waals surface area contributed by atoms with Gasteiger partial charge in [-0.3, -0.25) is 9.59 Å². The number of hydrogen-bond acceptors (Lipinski definition) is 4. The fourth-order valence-corrected chi connectivity index (χ4v) is 3.67. The summed E-state index contributed by atoms with van der Waals surface area (Å²) in [6, 6.07) is 15.0. The van der Waals surface area contributed by atoms with Crippen LogP contribution in [0, 0.1) is 0 Å². The van der Waals surface area contributed by atoms with Crippen LogP contribution in [0.4, 0.5) is 0 Å². The monoisotopic (exact) mass is 396 g/mol. The lowest BCUT2D eigenvalue weighted by molar-refractivity contribution is -0.131. The van der Waals surface area contributed by atoms with E-state index >= 15 is 0 Å². The number of aryl methyl sites for hydroxylation is 1. The molecular weight excluding hydrogens is 368 g/mol. The lowest BCUT2D eigenvalue weighted by Crippen LogP contribution is -2.37. The van der Waals surface area contributed by atoms with Crippen LogP contribution in [-0.4, -0.2) is 62.0 Å². The largest absolute Gasteiger partial charge is 0.496 e. The number of carbonyl (C=O) groups is 2. The maximum Gasteiger partial charge on any atom is 0.257 e. The Balaban J connectivity index is 1.58. The summed E-state index contributed by atoms with van der Waals surface area (Å²) in [5.41, 5.74) is 1.59. The molecular formula is C23H28N2O4. The van der Waals surface area contributed by atoms with E-state index in [0.717, 1.165) is 17.7 Å². The molecule has 0 radical (unpaired) electrons. The number of amides is 2. The van der Waals surface area contributed by atoms with Crippen molar-refractivity contribution in [2.24, 2.45) is 0 Å². The summed E-state index contributed by atoms with van der Waals surface area (Å²) < 4.78 is 10.7. The van der Waals surface area contributed by atoms with Crippen molar-refractivity contribution in [2.75, 3.05) is 40.4 Å². The summed E-state index contributed by atoms with van der Waals surface area (Å²) in [6.07, 6.45) is 1.84. The Bertz CT molecular complexity index is 852. The molecule has 1 aliphatic heterocycles. The lowest BCUT2D eigenvalue weighted by Gasteiger charge is -2.23. The van der Waals surface area contributed by atoms with Crippen molar-refractivity contribution in [1.82, 2.24) is 9.80 Å². The predicted molar refractivity (Wildman–Crippen MR) is 111 cm³/mol. The molecule has 0 unspecified atom stereocenters. The normalized spacial score (nSPS) is 14.3. The zero-order valence-corrected chi connectivity index (χ0v) is 17.1. The van der Waals surface area contributed by atoms with Gasteiger partial charge < -0.3 is 19.3 Å². The lowest BCUT2D eigenvalue weighted by atomic mass is 10.1. The quantitative estimate of drug-likeness (QED) is 0.753. The Morgan fingerprint density at radius 3 is 2.21 bits per heavy atom. The van der Waals surface area contributed by atoms with E-state index in [0.29, 0.717) is 50.3 Å². The first kappa shape index (κ1) is 20.7. The molecule has 3 rings (SSSR count). The van der Waals surface area contributed by atoms with Gasteiger partial charge in [0.2, 0.25) is 5.91 Å². The molecule has 0 atom stereocenters. The van der Waals surface area contributed by atoms with E-state index in [1.54, 1.807) is 26.4 Å². The number of methoxy groups -OCH3 is 2. The molecule has 0 saturated carbocycles. The molecule has 0 aromatic heterocycles. The van der Waals surface area contributed by atoms with Crippen LogP contribution in [0.5, 0.6) is 11.5 Å². The predicted octanol–water partition coefficient (Wildman–Crippen LogP) is 3.01. The molecule has 154 valence electrons. The zero-order chi connectivity index (χ0) is 20.6. The smallest absolute Gasteiger partial charge is 0.257 e. The second-order valence-electron chi connectivity index (χ2n) is 7.04. The second kappa shape index (κ2) is 9.96. The van der Waals surface area contributed by atoms with Crippen LogP contribution in [0.1, 0.15) is 28.8 Å². The van der Waals surface area contributed by atoms with Gasteiger partial charge in [-0.2, -0.15) is 0 Å². The van der Waals surface area contributed by atoms with E-state index in [1.165, 1.54) is 0 Å². The minimum Gasteiger partial charge on any atom is -0.496 e. The number of rotatable bonds is 6. The number of para-hydroxylation sites is 2. The maximum absolute atomic E-state index is 12.9. The van der Waals surface area contributed by atoms with Gasteiger partial charge in [-0.1, -0.05) is 30.3 Å². The Labute approximate surface area is 172 Å². The number of hydrogen-bond donors (Lipinski definition) is 0. The van der Waals surface area contributed by atoms with Crippen molar-refractivity contribution < 1.29 is 19.1 Å². The molecule has 1 fully saturated rings. The third-order valence-corrected chi connectivity index (χ3v) is 5.27. The second-order valence-corrected chi connectivity index (χ2v) is 7.04. The van der Waals surface area contributed by atoms with Gasteiger partial charge in [0.15, 0.2) is 0 Å². The maximum atomic E-state index is 12.9. The molecule has 6 heteroatoms. The molecule has 29 heavy (non-hydrogen) atoms. The van der Waals surface area contributed by atoms with Crippen LogP contribution >= 0.6 is 0 Å². The Morgan fingerprint density at radius 2 is 1.45 bits per heavy atom. The average molecular weight is 396 g/mol. The SMILES string of the molecule is COc1ccccc1CCC(=O)N1CCCN(C(=O)c2ccccc2OC)CC1. The molecule has 6 nitrogen and oxygen atoms in total. The van der Waals surface area contributed by atoms with Crippen LogP contribution < -0.4 is 9.47 Å².